The third kappa shape index (κ3) is 4.45. The monoisotopic (exact) mass is 480 g/mol. The van der Waals surface area contributed by atoms with Crippen LogP contribution in [0.3, 0.4) is 0 Å². The predicted octanol–water partition coefficient (Wildman–Crippen LogP) is 4.55. The maximum absolute atomic E-state index is 13.0. The van der Waals surface area contributed by atoms with Gasteiger partial charge in [0.2, 0.25) is 5.91 Å². The van der Waals surface area contributed by atoms with Gasteiger partial charge in [-0.3, -0.25) is 4.79 Å². The second-order valence-corrected chi connectivity index (χ2v) is 10.0. The van der Waals surface area contributed by atoms with Crippen LogP contribution in [0.15, 0.2) is 60.8 Å². The van der Waals surface area contributed by atoms with E-state index in [0.717, 1.165) is 67.4 Å². The van der Waals surface area contributed by atoms with Crippen LogP contribution in [0.4, 0.5) is 5.82 Å². The fraction of sp³-hybridized carbons (Fsp3) is 0.379. The topological polar surface area (TPSA) is 67.2 Å². The van der Waals surface area contributed by atoms with Crippen molar-refractivity contribution in [1.82, 2.24) is 24.6 Å². The van der Waals surface area contributed by atoms with E-state index in [0.29, 0.717) is 12.3 Å². The van der Waals surface area contributed by atoms with E-state index in [1.807, 2.05) is 41.2 Å². The highest BCUT2D eigenvalue weighted by atomic mass is 16.2. The van der Waals surface area contributed by atoms with Crippen LogP contribution in [0.5, 0.6) is 0 Å². The van der Waals surface area contributed by atoms with E-state index in [-0.39, 0.29) is 5.92 Å². The fourth-order valence-electron chi connectivity index (χ4n) is 5.47. The molecule has 0 unspecified atom stereocenters. The van der Waals surface area contributed by atoms with Crippen LogP contribution in [-0.2, 0) is 11.2 Å². The van der Waals surface area contributed by atoms with Crippen molar-refractivity contribution in [3.63, 3.8) is 0 Å². The minimum Gasteiger partial charge on any atom is -0.352 e. The molecule has 6 rings (SSSR count). The second-order valence-electron chi connectivity index (χ2n) is 10.0. The maximum Gasteiger partial charge on any atom is 0.225 e. The molecule has 4 aromatic rings. The zero-order chi connectivity index (χ0) is 24.5. The first kappa shape index (κ1) is 22.7. The summed E-state index contributed by atoms with van der Waals surface area (Å²) in [4.78, 5) is 27.4. The largest absolute Gasteiger partial charge is 0.352 e. The normalized spacial score (nSPS) is 16.7. The van der Waals surface area contributed by atoms with Gasteiger partial charge in [0, 0.05) is 38.5 Å². The van der Waals surface area contributed by atoms with Gasteiger partial charge in [0.15, 0.2) is 5.65 Å². The molecule has 3 heterocycles. The van der Waals surface area contributed by atoms with Crippen molar-refractivity contribution in [2.45, 2.75) is 39.0 Å². The van der Waals surface area contributed by atoms with Gasteiger partial charge >= 0.3 is 0 Å². The summed E-state index contributed by atoms with van der Waals surface area (Å²) in [6, 6.07) is 18.7. The number of piperazine rings is 1. The van der Waals surface area contributed by atoms with Crippen LogP contribution in [0.2, 0.25) is 0 Å². The number of para-hydroxylation sites is 1. The van der Waals surface area contributed by atoms with E-state index in [2.05, 4.69) is 41.0 Å². The third-order valence-corrected chi connectivity index (χ3v) is 7.53. The Morgan fingerprint density at radius 3 is 2.36 bits per heavy atom. The van der Waals surface area contributed by atoms with Crippen LogP contribution in [0.1, 0.15) is 42.6 Å². The minimum absolute atomic E-state index is 0.229. The van der Waals surface area contributed by atoms with Crippen LogP contribution in [0, 0.1) is 12.8 Å². The molecule has 0 spiro atoms. The number of fused-ring (bicyclic) bond motifs is 1. The molecular formula is C29H32N6O. The van der Waals surface area contributed by atoms with E-state index in [9.17, 15) is 4.79 Å². The molecule has 7 nitrogen and oxygen atoms in total. The summed E-state index contributed by atoms with van der Waals surface area (Å²) < 4.78 is 1.90. The molecule has 1 saturated carbocycles. The first-order valence-electron chi connectivity index (χ1n) is 13.0. The highest BCUT2D eigenvalue weighted by Crippen LogP contribution is 2.30. The lowest BCUT2D eigenvalue weighted by molar-refractivity contribution is -0.135. The number of carbonyl (C=O) groups excluding carboxylic acids is 1. The second kappa shape index (κ2) is 9.72. The molecule has 2 aliphatic rings. The summed E-state index contributed by atoms with van der Waals surface area (Å²) in [7, 11) is 0. The molecule has 0 N–H and O–H groups in total. The summed E-state index contributed by atoms with van der Waals surface area (Å²) in [6.07, 6.45) is 7.00. The SMILES string of the molecule is Cc1ccc(Cc2nc(N3CCN(C(=O)C4CCCC4)CC3)c3cnn(-c4ccccc4)c3n2)cc1. The molecule has 2 aromatic carbocycles. The number of nitrogens with zero attached hydrogens (tertiary/aromatic N) is 6. The summed E-state index contributed by atoms with van der Waals surface area (Å²) in [5.74, 6) is 2.27. The van der Waals surface area contributed by atoms with Gasteiger partial charge in [-0.25, -0.2) is 14.6 Å². The van der Waals surface area contributed by atoms with Gasteiger partial charge in [-0.2, -0.15) is 5.10 Å². The minimum atomic E-state index is 0.229. The van der Waals surface area contributed by atoms with Crippen molar-refractivity contribution in [3.8, 4) is 5.69 Å². The molecule has 1 amide bonds. The Hall–Kier alpha value is -3.74. The van der Waals surface area contributed by atoms with Gasteiger partial charge in [-0.1, -0.05) is 60.9 Å². The Morgan fingerprint density at radius 1 is 0.917 bits per heavy atom. The summed E-state index contributed by atoms with van der Waals surface area (Å²) in [6.45, 7) is 5.11. The van der Waals surface area contributed by atoms with Gasteiger partial charge in [-0.15, -0.1) is 0 Å². The van der Waals surface area contributed by atoms with Crippen LogP contribution in [0.25, 0.3) is 16.7 Å². The van der Waals surface area contributed by atoms with E-state index < -0.39 is 0 Å². The molecule has 1 aliphatic carbocycles. The van der Waals surface area contributed by atoms with Crippen molar-refractivity contribution < 1.29 is 4.79 Å². The summed E-state index contributed by atoms with van der Waals surface area (Å²) in [5.41, 5.74) is 4.22. The predicted molar refractivity (Wildman–Crippen MR) is 141 cm³/mol. The molecular weight excluding hydrogens is 448 g/mol. The molecule has 0 atom stereocenters. The van der Waals surface area contributed by atoms with Gasteiger partial charge in [-0.05, 0) is 37.5 Å². The number of anilines is 1. The van der Waals surface area contributed by atoms with Crippen molar-refractivity contribution in [1.29, 1.82) is 0 Å². The number of aryl methyl sites for hydroxylation is 1. The smallest absolute Gasteiger partial charge is 0.225 e. The summed E-state index contributed by atoms with van der Waals surface area (Å²) >= 11 is 0. The van der Waals surface area contributed by atoms with Gasteiger partial charge < -0.3 is 9.80 Å². The lowest BCUT2D eigenvalue weighted by Crippen LogP contribution is -2.50. The van der Waals surface area contributed by atoms with Crippen molar-refractivity contribution in [2.24, 2.45) is 5.92 Å². The van der Waals surface area contributed by atoms with Crippen LogP contribution < -0.4 is 4.90 Å². The average Bonchev–Trinajstić information content (AvgIpc) is 3.61. The number of carbonyl (C=O) groups is 1. The number of hydrogen-bond acceptors (Lipinski definition) is 5. The molecule has 0 radical (unpaired) electrons. The lowest BCUT2D eigenvalue weighted by Gasteiger charge is -2.36. The Morgan fingerprint density at radius 2 is 1.64 bits per heavy atom. The number of hydrogen-bond donors (Lipinski definition) is 0. The molecule has 7 heteroatoms. The number of amides is 1. The molecule has 0 bridgehead atoms. The molecule has 2 fully saturated rings. The Balaban J connectivity index is 1.32. The quantitative estimate of drug-likeness (QED) is 0.419. The van der Waals surface area contributed by atoms with Gasteiger partial charge in [0.05, 0.1) is 17.3 Å². The Bertz CT molecular complexity index is 1350. The van der Waals surface area contributed by atoms with Crippen molar-refractivity contribution in [2.75, 3.05) is 31.1 Å². The Kier molecular flexibility index (Phi) is 6.13. The molecule has 36 heavy (non-hydrogen) atoms. The molecule has 1 aliphatic heterocycles. The van der Waals surface area contributed by atoms with E-state index >= 15 is 0 Å². The van der Waals surface area contributed by atoms with E-state index in [4.69, 9.17) is 15.1 Å². The summed E-state index contributed by atoms with van der Waals surface area (Å²) in [5, 5.41) is 5.65. The maximum atomic E-state index is 13.0. The van der Waals surface area contributed by atoms with Gasteiger partial charge in [0.1, 0.15) is 11.6 Å². The van der Waals surface area contributed by atoms with Gasteiger partial charge in [0.25, 0.3) is 0 Å². The highest BCUT2D eigenvalue weighted by Gasteiger charge is 2.30. The number of benzene rings is 2. The molecule has 184 valence electrons. The fourth-order valence-corrected chi connectivity index (χ4v) is 5.47. The van der Waals surface area contributed by atoms with E-state index in [1.54, 1.807) is 0 Å². The third-order valence-electron chi connectivity index (χ3n) is 7.53. The molecule has 2 aromatic heterocycles. The Labute approximate surface area is 211 Å². The first-order valence-corrected chi connectivity index (χ1v) is 13.0. The highest BCUT2D eigenvalue weighted by molar-refractivity contribution is 5.88. The van der Waals surface area contributed by atoms with Crippen molar-refractivity contribution in [3.05, 3.63) is 77.7 Å². The molecule has 1 saturated heterocycles. The van der Waals surface area contributed by atoms with E-state index in [1.165, 1.54) is 24.0 Å². The lowest BCUT2D eigenvalue weighted by atomic mass is 10.1. The average molecular weight is 481 g/mol. The standard InChI is InChI=1S/C29H32N6O/c1-21-11-13-22(14-12-21)19-26-31-27(25-20-30-35(28(25)32-26)24-9-3-2-4-10-24)33-15-17-34(18-16-33)29(36)23-7-5-6-8-23/h2-4,9-14,20,23H,5-8,15-19H2,1H3. The number of rotatable bonds is 5. The van der Waals surface area contributed by atoms with Crippen LogP contribution in [-0.4, -0.2) is 56.7 Å². The zero-order valence-electron chi connectivity index (χ0n) is 20.8. The first-order chi connectivity index (χ1) is 17.7. The number of aromatic nitrogens is 4. The van der Waals surface area contributed by atoms with Crippen molar-refractivity contribution >= 4 is 22.8 Å². The van der Waals surface area contributed by atoms with Crippen LogP contribution >= 0.6 is 0 Å². The zero-order valence-corrected chi connectivity index (χ0v) is 20.8.